The van der Waals surface area contributed by atoms with Gasteiger partial charge >= 0.3 is 0 Å². The van der Waals surface area contributed by atoms with Gasteiger partial charge in [0, 0.05) is 28.3 Å². The molecule has 106 valence electrons. The molecule has 0 aliphatic heterocycles. The number of fused-ring (bicyclic) bond motifs is 1. The average Bonchev–Trinajstić information content (AvgIpc) is 2.48. The molecule has 2 aromatic carbocycles. The molecule has 1 heterocycles. The number of aryl methyl sites for hydroxylation is 1. The molecule has 4 heteroatoms. The first-order valence-electron chi connectivity index (χ1n) is 6.67. The second-order valence-corrected chi connectivity index (χ2v) is 5.77. The Hall–Kier alpha value is -1.94. The maximum atomic E-state index is 13.1. The third-order valence-corrected chi connectivity index (χ3v) is 4.15. The third-order valence-electron chi connectivity index (χ3n) is 3.46. The Labute approximate surface area is 131 Å². The molecule has 0 amide bonds. The minimum Gasteiger partial charge on any atom is -0.381 e. The molecule has 0 saturated heterocycles. The maximum Gasteiger partial charge on any atom is 0.123 e. The van der Waals surface area contributed by atoms with E-state index in [0.29, 0.717) is 6.54 Å². The average molecular weight is 345 g/mol. The normalized spacial score (nSPS) is 10.8. The fourth-order valence-electron chi connectivity index (χ4n) is 2.35. The number of rotatable bonds is 3. The summed E-state index contributed by atoms with van der Waals surface area (Å²) in [6, 6.07) is 12.8. The fraction of sp³-hybridized carbons (Fsp3) is 0.118. The van der Waals surface area contributed by atoms with Crippen LogP contribution in [0.3, 0.4) is 0 Å². The Morgan fingerprint density at radius 3 is 2.86 bits per heavy atom. The van der Waals surface area contributed by atoms with Crippen LogP contribution in [0.2, 0.25) is 0 Å². The molecular formula is C17H14BrFN2. The summed E-state index contributed by atoms with van der Waals surface area (Å²) in [6.07, 6.45) is 1.79. The van der Waals surface area contributed by atoms with Crippen molar-refractivity contribution in [2.24, 2.45) is 0 Å². The SMILES string of the molecule is Cc1cc(F)ccc1NCc1ccc(Br)c2cccnc12. The molecule has 0 radical (unpaired) electrons. The minimum absolute atomic E-state index is 0.214. The number of benzene rings is 2. The summed E-state index contributed by atoms with van der Waals surface area (Å²) in [7, 11) is 0. The Kier molecular flexibility index (Phi) is 3.88. The highest BCUT2D eigenvalue weighted by Crippen LogP contribution is 2.26. The molecule has 0 fully saturated rings. The van der Waals surface area contributed by atoms with E-state index >= 15 is 0 Å². The van der Waals surface area contributed by atoms with E-state index < -0.39 is 0 Å². The summed E-state index contributed by atoms with van der Waals surface area (Å²) in [5, 5.41) is 4.44. The quantitative estimate of drug-likeness (QED) is 0.718. The van der Waals surface area contributed by atoms with Gasteiger partial charge in [0.15, 0.2) is 0 Å². The third kappa shape index (κ3) is 2.90. The second-order valence-electron chi connectivity index (χ2n) is 4.92. The Bertz CT molecular complexity index is 802. The first kappa shape index (κ1) is 14.0. The van der Waals surface area contributed by atoms with Gasteiger partial charge in [0.1, 0.15) is 5.82 Å². The standard InChI is InChI=1S/C17H14BrFN2/c1-11-9-13(19)5-7-16(11)21-10-12-4-6-15(18)14-3-2-8-20-17(12)14/h2-9,21H,10H2,1H3. The van der Waals surface area contributed by atoms with E-state index in [0.717, 1.165) is 32.2 Å². The highest BCUT2D eigenvalue weighted by molar-refractivity contribution is 9.10. The topological polar surface area (TPSA) is 24.9 Å². The summed E-state index contributed by atoms with van der Waals surface area (Å²) in [4.78, 5) is 4.46. The van der Waals surface area contributed by atoms with E-state index in [1.54, 1.807) is 12.3 Å². The molecule has 3 aromatic rings. The van der Waals surface area contributed by atoms with Crippen LogP contribution in [0.25, 0.3) is 10.9 Å². The van der Waals surface area contributed by atoms with Gasteiger partial charge in [0.25, 0.3) is 0 Å². The number of hydrogen-bond acceptors (Lipinski definition) is 2. The van der Waals surface area contributed by atoms with E-state index in [-0.39, 0.29) is 5.82 Å². The zero-order valence-electron chi connectivity index (χ0n) is 11.5. The first-order valence-corrected chi connectivity index (χ1v) is 7.46. The van der Waals surface area contributed by atoms with Crippen molar-refractivity contribution >= 4 is 32.5 Å². The predicted molar refractivity (Wildman–Crippen MR) is 87.9 cm³/mol. The summed E-state index contributed by atoms with van der Waals surface area (Å²) >= 11 is 3.54. The second kappa shape index (κ2) is 5.82. The molecule has 0 bridgehead atoms. The van der Waals surface area contributed by atoms with Crippen LogP contribution < -0.4 is 5.32 Å². The van der Waals surface area contributed by atoms with E-state index in [1.165, 1.54) is 12.1 Å². The predicted octanol–water partition coefficient (Wildman–Crippen LogP) is 5.06. The number of aromatic nitrogens is 1. The smallest absolute Gasteiger partial charge is 0.123 e. The van der Waals surface area contributed by atoms with Gasteiger partial charge in [0.05, 0.1) is 5.52 Å². The van der Waals surface area contributed by atoms with Crippen molar-refractivity contribution < 1.29 is 4.39 Å². The Morgan fingerprint density at radius 2 is 2.05 bits per heavy atom. The zero-order chi connectivity index (χ0) is 14.8. The minimum atomic E-state index is -0.214. The summed E-state index contributed by atoms with van der Waals surface area (Å²) in [5.41, 5.74) is 3.91. The van der Waals surface area contributed by atoms with Crippen LogP contribution in [0.1, 0.15) is 11.1 Å². The first-order chi connectivity index (χ1) is 10.1. The molecule has 0 saturated carbocycles. The van der Waals surface area contributed by atoms with Crippen LogP contribution in [-0.2, 0) is 6.54 Å². The van der Waals surface area contributed by atoms with E-state index in [1.807, 2.05) is 31.2 Å². The van der Waals surface area contributed by atoms with Crippen LogP contribution in [0, 0.1) is 12.7 Å². The molecule has 2 nitrogen and oxygen atoms in total. The maximum absolute atomic E-state index is 13.1. The molecule has 1 aromatic heterocycles. The van der Waals surface area contributed by atoms with Gasteiger partial charge in [-0.1, -0.05) is 28.1 Å². The van der Waals surface area contributed by atoms with Crippen molar-refractivity contribution in [3.05, 3.63) is 70.1 Å². The molecule has 0 atom stereocenters. The van der Waals surface area contributed by atoms with Crippen molar-refractivity contribution in [3.63, 3.8) is 0 Å². The monoisotopic (exact) mass is 344 g/mol. The molecule has 1 N–H and O–H groups in total. The van der Waals surface area contributed by atoms with Gasteiger partial charge < -0.3 is 5.32 Å². The lowest BCUT2D eigenvalue weighted by molar-refractivity contribution is 0.627. The summed E-state index contributed by atoms with van der Waals surface area (Å²) in [5.74, 6) is -0.214. The van der Waals surface area contributed by atoms with Crippen molar-refractivity contribution in [3.8, 4) is 0 Å². The highest BCUT2D eigenvalue weighted by atomic mass is 79.9. The van der Waals surface area contributed by atoms with Gasteiger partial charge in [-0.25, -0.2) is 4.39 Å². The number of pyridine rings is 1. The molecule has 0 aliphatic carbocycles. The van der Waals surface area contributed by atoms with Gasteiger partial charge in [-0.05, 0) is 48.4 Å². The van der Waals surface area contributed by atoms with Crippen LogP contribution in [0.4, 0.5) is 10.1 Å². The largest absolute Gasteiger partial charge is 0.381 e. The van der Waals surface area contributed by atoms with Crippen LogP contribution in [0.5, 0.6) is 0 Å². The van der Waals surface area contributed by atoms with Crippen molar-refractivity contribution in [1.82, 2.24) is 4.98 Å². The van der Waals surface area contributed by atoms with Gasteiger partial charge in [0.2, 0.25) is 0 Å². The number of nitrogens with one attached hydrogen (secondary N) is 1. The van der Waals surface area contributed by atoms with Crippen LogP contribution in [0.15, 0.2) is 53.1 Å². The zero-order valence-corrected chi connectivity index (χ0v) is 13.1. The van der Waals surface area contributed by atoms with Crippen molar-refractivity contribution in [2.75, 3.05) is 5.32 Å². The Balaban J connectivity index is 1.90. The molecular weight excluding hydrogens is 331 g/mol. The van der Waals surface area contributed by atoms with E-state index in [2.05, 4.69) is 26.2 Å². The van der Waals surface area contributed by atoms with Gasteiger partial charge in [-0.3, -0.25) is 4.98 Å². The number of hydrogen-bond donors (Lipinski definition) is 1. The molecule has 0 aliphatic rings. The Morgan fingerprint density at radius 1 is 1.19 bits per heavy atom. The highest BCUT2D eigenvalue weighted by Gasteiger charge is 2.06. The molecule has 21 heavy (non-hydrogen) atoms. The van der Waals surface area contributed by atoms with E-state index in [4.69, 9.17) is 0 Å². The molecule has 0 spiro atoms. The van der Waals surface area contributed by atoms with Gasteiger partial charge in [-0.15, -0.1) is 0 Å². The molecule has 0 unspecified atom stereocenters. The number of nitrogens with zero attached hydrogens (tertiary/aromatic N) is 1. The fourth-order valence-corrected chi connectivity index (χ4v) is 2.81. The lowest BCUT2D eigenvalue weighted by Crippen LogP contribution is -2.02. The lowest BCUT2D eigenvalue weighted by atomic mass is 10.1. The van der Waals surface area contributed by atoms with Gasteiger partial charge in [-0.2, -0.15) is 0 Å². The summed E-state index contributed by atoms with van der Waals surface area (Å²) < 4.78 is 14.2. The van der Waals surface area contributed by atoms with Crippen molar-refractivity contribution in [2.45, 2.75) is 13.5 Å². The van der Waals surface area contributed by atoms with Crippen LogP contribution >= 0.6 is 15.9 Å². The van der Waals surface area contributed by atoms with Crippen LogP contribution in [-0.4, -0.2) is 4.98 Å². The summed E-state index contributed by atoms with van der Waals surface area (Å²) in [6.45, 7) is 2.54. The van der Waals surface area contributed by atoms with E-state index in [9.17, 15) is 4.39 Å². The number of halogens is 2. The lowest BCUT2D eigenvalue weighted by Gasteiger charge is -2.11. The number of anilines is 1. The molecule has 3 rings (SSSR count). The van der Waals surface area contributed by atoms with Crippen molar-refractivity contribution in [1.29, 1.82) is 0 Å².